The van der Waals surface area contributed by atoms with E-state index in [1.807, 2.05) is 12.1 Å². The van der Waals surface area contributed by atoms with Crippen LogP contribution in [0.2, 0.25) is 0 Å². The van der Waals surface area contributed by atoms with Crippen LogP contribution in [-0.2, 0) is 11.3 Å². The summed E-state index contributed by atoms with van der Waals surface area (Å²) < 4.78 is 4.55. The van der Waals surface area contributed by atoms with E-state index >= 15 is 0 Å². The number of nitrogens with zero attached hydrogens (tertiary/aromatic N) is 4. The number of hydrazine groups is 2. The van der Waals surface area contributed by atoms with Crippen molar-refractivity contribution in [1.29, 1.82) is 0 Å². The summed E-state index contributed by atoms with van der Waals surface area (Å²) in [6, 6.07) is 23.1. The highest BCUT2D eigenvalue weighted by Gasteiger charge is 2.40. The lowest BCUT2D eigenvalue weighted by Crippen LogP contribution is -2.44. The summed E-state index contributed by atoms with van der Waals surface area (Å²) in [7, 11) is 4.34. The van der Waals surface area contributed by atoms with Crippen LogP contribution in [0.1, 0.15) is 62.3 Å². The van der Waals surface area contributed by atoms with Crippen molar-refractivity contribution >= 4 is 36.4 Å². The number of amides is 1. The lowest BCUT2D eigenvalue weighted by Gasteiger charge is -2.27. The van der Waals surface area contributed by atoms with Gasteiger partial charge in [-0.05, 0) is 53.8 Å². The predicted molar refractivity (Wildman–Crippen MR) is 173 cm³/mol. The summed E-state index contributed by atoms with van der Waals surface area (Å²) in [5.74, 6) is 2.82. The van der Waals surface area contributed by atoms with Crippen LogP contribution in [0.5, 0.6) is 0 Å². The smallest absolute Gasteiger partial charge is 0.329 e. The van der Waals surface area contributed by atoms with Crippen molar-refractivity contribution < 1.29 is 9.37 Å². The van der Waals surface area contributed by atoms with Crippen LogP contribution in [0.25, 0.3) is 5.57 Å². The summed E-state index contributed by atoms with van der Waals surface area (Å²) in [5.41, 5.74) is 14.6. The zero-order valence-electron chi connectivity index (χ0n) is 24.9. The van der Waals surface area contributed by atoms with Gasteiger partial charge in [-0.15, -0.1) is 5.53 Å². The highest BCUT2D eigenvalue weighted by atomic mass is 16.1. The zero-order valence-corrected chi connectivity index (χ0v) is 24.9. The minimum atomic E-state index is -0.0752. The van der Waals surface area contributed by atoms with Gasteiger partial charge in [-0.1, -0.05) is 74.6 Å². The standard InChI is InChI=1S/C34H37BN7O/c1-24(43)36-28-15-13-27(14-16-28)34-30-17-19-32(39(2)22-26-11-7-4-8-12-26)41(30)35-42-31(34)18-20-33(42)40-23-29(37-38-40)21-25-9-5-3-6-10-25/h4,7-8,11-20,23,25,37-38H,3,5-6,9-10,21-22H2,1-2H3/p+1. The third kappa shape index (κ3) is 5.53. The van der Waals surface area contributed by atoms with E-state index in [0.717, 1.165) is 58.8 Å². The molecule has 1 amide bonds. The van der Waals surface area contributed by atoms with Crippen molar-refractivity contribution in [2.75, 3.05) is 17.4 Å². The van der Waals surface area contributed by atoms with Gasteiger partial charge in [0, 0.05) is 41.9 Å². The Morgan fingerprint density at radius 3 is 2.56 bits per heavy atom. The first-order valence-electron chi connectivity index (χ1n) is 15.3. The number of nitrogens with one attached hydrogen (secondary N) is 3. The van der Waals surface area contributed by atoms with E-state index in [-0.39, 0.29) is 5.91 Å². The van der Waals surface area contributed by atoms with E-state index < -0.39 is 0 Å². The van der Waals surface area contributed by atoms with Gasteiger partial charge in [0.2, 0.25) is 5.91 Å². The quantitative estimate of drug-likeness (QED) is 0.264. The number of fused-ring (bicyclic) bond motifs is 2. The van der Waals surface area contributed by atoms with Crippen molar-refractivity contribution in [3.63, 3.8) is 0 Å². The van der Waals surface area contributed by atoms with Gasteiger partial charge < -0.3 is 15.2 Å². The van der Waals surface area contributed by atoms with E-state index in [0.29, 0.717) is 0 Å². The predicted octanol–water partition coefficient (Wildman–Crippen LogP) is 5.36. The Hall–Kier alpha value is -4.50. The lowest BCUT2D eigenvalue weighted by molar-refractivity contribution is -0.516. The first-order valence-corrected chi connectivity index (χ1v) is 15.3. The fraction of sp³-hybridized carbons (Fsp3) is 0.294. The zero-order chi connectivity index (χ0) is 29.3. The molecule has 3 aromatic rings. The van der Waals surface area contributed by atoms with E-state index in [1.54, 1.807) is 0 Å². The maximum atomic E-state index is 11.6. The van der Waals surface area contributed by atoms with Gasteiger partial charge in [0.15, 0.2) is 0 Å². The Bertz CT molecular complexity index is 1650. The molecule has 43 heavy (non-hydrogen) atoms. The summed E-state index contributed by atoms with van der Waals surface area (Å²) in [4.78, 5) is 13.9. The fourth-order valence-electron chi connectivity index (χ4n) is 6.72. The average molecular weight is 572 g/mol. The molecule has 1 saturated carbocycles. The van der Waals surface area contributed by atoms with Crippen LogP contribution < -0.4 is 21.3 Å². The molecule has 0 bridgehead atoms. The topological polar surface area (TPSA) is 67.6 Å². The molecule has 8 nitrogen and oxygen atoms in total. The first-order chi connectivity index (χ1) is 21.0. The molecule has 3 aliphatic heterocycles. The van der Waals surface area contributed by atoms with Crippen molar-refractivity contribution in [3.05, 3.63) is 113 Å². The Morgan fingerprint density at radius 1 is 1.00 bits per heavy atom. The molecule has 1 fully saturated rings. The van der Waals surface area contributed by atoms with Crippen LogP contribution in [-0.4, -0.2) is 40.2 Å². The average Bonchev–Trinajstić information content (AvgIpc) is 3.76. The third-order valence-corrected chi connectivity index (χ3v) is 8.79. The summed E-state index contributed by atoms with van der Waals surface area (Å²) >= 11 is 0. The largest absolute Gasteiger partial charge is 0.553 e. The van der Waals surface area contributed by atoms with E-state index in [4.69, 9.17) is 0 Å². The highest BCUT2D eigenvalue weighted by molar-refractivity contribution is 6.41. The van der Waals surface area contributed by atoms with Gasteiger partial charge in [0.1, 0.15) is 18.1 Å². The number of anilines is 2. The number of rotatable bonds is 7. The Kier molecular flexibility index (Phi) is 7.41. The SMILES string of the molecule is CC(=O)Nc1ccc(C2=C3C=CC(=[N+](C)Cc4ccccc4)N3[B]n3c2ccc3N2C=C(CC3CCCCC3)NN2)cc1. The minimum absolute atomic E-state index is 0.0752. The molecule has 7 rings (SSSR count). The van der Waals surface area contributed by atoms with Crippen molar-refractivity contribution in [2.45, 2.75) is 52.0 Å². The van der Waals surface area contributed by atoms with E-state index in [9.17, 15) is 4.79 Å². The molecular weight excluding hydrogens is 533 g/mol. The molecule has 0 unspecified atom stereocenters. The molecule has 1 aromatic heterocycles. The first kappa shape index (κ1) is 27.3. The Labute approximate surface area is 254 Å². The maximum absolute atomic E-state index is 11.6. The van der Waals surface area contributed by atoms with Gasteiger partial charge in [-0.25, -0.2) is 5.01 Å². The monoisotopic (exact) mass is 571 g/mol. The molecule has 4 aliphatic rings. The van der Waals surface area contributed by atoms with Crippen LogP contribution in [0.3, 0.4) is 0 Å². The maximum Gasteiger partial charge on any atom is 0.553 e. The number of carbonyl (C=O) groups excluding carboxylic acids is 1. The minimum Gasteiger partial charge on any atom is -0.329 e. The molecule has 1 aliphatic carbocycles. The molecular formula is C34H38BN7O+. The highest BCUT2D eigenvalue weighted by Crippen LogP contribution is 2.39. The number of hydrogen-bond donors (Lipinski definition) is 3. The molecule has 0 saturated heterocycles. The van der Waals surface area contributed by atoms with E-state index in [1.165, 1.54) is 50.3 Å². The number of amidine groups is 1. The van der Waals surface area contributed by atoms with E-state index in [2.05, 4.69) is 123 Å². The number of carbonyl (C=O) groups is 1. The number of aromatic nitrogens is 1. The Balaban J connectivity index is 1.25. The number of hydrogen-bond acceptors (Lipinski definition) is 4. The Morgan fingerprint density at radius 2 is 1.79 bits per heavy atom. The second kappa shape index (κ2) is 11.6. The van der Waals surface area contributed by atoms with Gasteiger partial charge in [-0.2, -0.15) is 0 Å². The molecule has 0 spiro atoms. The van der Waals surface area contributed by atoms with Gasteiger partial charge in [0.25, 0.3) is 5.84 Å². The molecule has 2 aromatic carbocycles. The van der Waals surface area contributed by atoms with Crippen molar-refractivity contribution in [3.8, 4) is 0 Å². The molecule has 3 N–H and O–H groups in total. The summed E-state index contributed by atoms with van der Waals surface area (Å²) in [6.07, 6.45) is 14.4. The molecule has 0 atom stereocenters. The second-order valence-electron chi connectivity index (χ2n) is 12.0. The van der Waals surface area contributed by atoms with Crippen molar-refractivity contribution in [2.24, 2.45) is 5.92 Å². The number of benzene rings is 2. The van der Waals surface area contributed by atoms with Crippen LogP contribution in [0.15, 0.2) is 96.5 Å². The molecule has 9 heteroatoms. The van der Waals surface area contributed by atoms with Gasteiger partial charge >= 0.3 is 7.55 Å². The second-order valence-corrected chi connectivity index (χ2v) is 12.0. The molecule has 4 heterocycles. The van der Waals surface area contributed by atoms with Crippen LogP contribution in [0, 0.1) is 5.92 Å². The summed E-state index contributed by atoms with van der Waals surface area (Å²) in [5, 5.41) is 4.98. The fourth-order valence-corrected chi connectivity index (χ4v) is 6.72. The van der Waals surface area contributed by atoms with Gasteiger partial charge in [0.05, 0.1) is 7.05 Å². The van der Waals surface area contributed by atoms with Crippen molar-refractivity contribution in [1.82, 2.24) is 20.2 Å². The lowest BCUT2D eigenvalue weighted by atomic mass is 9.86. The van der Waals surface area contributed by atoms with Gasteiger partial charge in [-0.3, -0.25) is 14.2 Å². The molecule has 217 valence electrons. The number of allylic oxidation sites excluding steroid dienone is 2. The third-order valence-electron chi connectivity index (χ3n) is 8.79. The van der Waals surface area contributed by atoms with Crippen LogP contribution in [0.4, 0.5) is 11.5 Å². The molecule has 1 radical (unpaired) electrons. The normalized spacial score (nSPS) is 19.1. The van der Waals surface area contributed by atoms with Crippen LogP contribution >= 0.6 is 0 Å². The summed E-state index contributed by atoms with van der Waals surface area (Å²) in [6.45, 7) is 2.33.